The fraction of sp³-hybridized carbons (Fsp3) is 0.100. The first kappa shape index (κ1) is 21.4. The molecule has 1 amide bonds. The highest BCUT2D eigenvalue weighted by molar-refractivity contribution is 9.10. The van der Waals surface area contributed by atoms with E-state index in [0.717, 1.165) is 11.8 Å². The topological polar surface area (TPSA) is 121 Å². The van der Waals surface area contributed by atoms with Crippen molar-refractivity contribution in [3.05, 3.63) is 56.9 Å². The van der Waals surface area contributed by atoms with Crippen molar-refractivity contribution in [1.82, 2.24) is 5.32 Å². The largest absolute Gasteiger partial charge is 0.493 e. The van der Waals surface area contributed by atoms with Gasteiger partial charge in [-0.15, -0.1) is 0 Å². The highest BCUT2D eigenvalue weighted by Crippen LogP contribution is 2.38. The first-order valence-corrected chi connectivity index (χ1v) is 10.0. The van der Waals surface area contributed by atoms with E-state index in [0.29, 0.717) is 37.3 Å². The lowest BCUT2D eigenvalue weighted by atomic mass is 10.2. The molecule has 3 rings (SSSR count). The Morgan fingerprint density at radius 1 is 1.37 bits per heavy atom. The van der Waals surface area contributed by atoms with E-state index in [-0.39, 0.29) is 18.1 Å². The minimum atomic E-state index is -1.02. The smallest absolute Gasteiger partial charge is 0.335 e. The van der Waals surface area contributed by atoms with Crippen molar-refractivity contribution in [2.45, 2.75) is 0 Å². The summed E-state index contributed by atoms with van der Waals surface area (Å²) in [5.74, 6) is -0.506. The van der Waals surface area contributed by atoms with Crippen molar-refractivity contribution >= 4 is 56.5 Å². The van der Waals surface area contributed by atoms with Gasteiger partial charge in [0, 0.05) is 0 Å². The molecule has 2 aromatic carbocycles. The Hall–Kier alpha value is -3.29. The van der Waals surface area contributed by atoms with E-state index in [9.17, 15) is 9.59 Å². The maximum atomic E-state index is 12.3. The van der Waals surface area contributed by atoms with Gasteiger partial charge in [0.05, 0.1) is 27.7 Å². The monoisotopic (exact) mass is 487 g/mol. The number of benzene rings is 2. The Morgan fingerprint density at radius 2 is 2.10 bits per heavy atom. The van der Waals surface area contributed by atoms with Crippen LogP contribution in [-0.2, 0) is 4.79 Å². The molecule has 2 N–H and O–H groups in total. The third kappa shape index (κ3) is 5.00. The van der Waals surface area contributed by atoms with Crippen LogP contribution in [0.3, 0.4) is 0 Å². The van der Waals surface area contributed by atoms with Gasteiger partial charge >= 0.3 is 5.97 Å². The van der Waals surface area contributed by atoms with Crippen molar-refractivity contribution < 1.29 is 24.2 Å². The number of ether oxygens (including phenoxy) is 2. The molecule has 30 heavy (non-hydrogen) atoms. The number of methoxy groups -OCH3 is 1. The van der Waals surface area contributed by atoms with Crippen LogP contribution in [0.4, 0.5) is 5.69 Å². The third-order valence-electron chi connectivity index (χ3n) is 3.83. The zero-order valence-electron chi connectivity index (χ0n) is 15.5. The number of nitriles is 1. The summed E-state index contributed by atoms with van der Waals surface area (Å²) in [6, 6.07) is 11.3. The molecule has 0 aliphatic carbocycles. The molecule has 0 spiro atoms. The Morgan fingerprint density at radius 3 is 2.73 bits per heavy atom. The van der Waals surface area contributed by atoms with Crippen LogP contribution in [0.1, 0.15) is 15.9 Å². The van der Waals surface area contributed by atoms with Crippen LogP contribution in [0.25, 0.3) is 6.08 Å². The lowest BCUT2D eigenvalue weighted by Gasteiger charge is -2.11. The van der Waals surface area contributed by atoms with Gasteiger partial charge in [0.25, 0.3) is 5.91 Å². The van der Waals surface area contributed by atoms with E-state index in [4.69, 9.17) is 19.8 Å². The second-order valence-electron chi connectivity index (χ2n) is 5.81. The fourth-order valence-corrected chi connectivity index (χ4v) is 3.91. The van der Waals surface area contributed by atoms with Crippen molar-refractivity contribution in [2.75, 3.05) is 13.7 Å². The molecule has 10 heteroatoms. The van der Waals surface area contributed by atoms with Gasteiger partial charge in [-0.2, -0.15) is 5.26 Å². The van der Waals surface area contributed by atoms with Crippen molar-refractivity contribution in [3.63, 3.8) is 0 Å². The molecule has 8 nitrogen and oxygen atoms in total. The van der Waals surface area contributed by atoms with E-state index in [2.05, 4.69) is 26.2 Å². The van der Waals surface area contributed by atoms with Gasteiger partial charge in [0.1, 0.15) is 6.07 Å². The molecule has 2 aromatic rings. The second-order valence-corrected chi connectivity index (χ2v) is 7.70. The standard InChI is InChI=1S/C20H14BrN3O5S/c1-28-15-9-11(8-14(21)17(15)29-7-6-22)10-16-18(25)24-20(30-16)23-13-4-2-12(3-5-13)19(26)27/h2-5,8-10H,7H2,1H3,(H,26,27)(H,23,24,25). The molecule has 0 unspecified atom stereocenters. The molecule has 0 aromatic heterocycles. The number of hydrogen-bond donors (Lipinski definition) is 2. The Bertz CT molecular complexity index is 1110. The van der Waals surface area contributed by atoms with E-state index in [1.807, 2.05) is 6.07 Å². The number of carboxylic acid groups (broad SMARTS) is 1. The molecule has 0 atom stereocenters. The molecule has 152 valence electrons. The number of amidine groups is 1. The number of aliphatic imine (C=N–C) groups is 1. The van der Waals surface area contributed by atoms with Crippen LogP contribution in [0.5, 0.6) is 11.5 Å². The third-order valence-corrected chi connectivity index (χ3v) is 5.33. The van der Waals surface area contributed by atoms with Gasteiger partial charge in [-0.1, -0.05) is 0 Å². The van der Waals surface area contributed by atoms with Gasteiger partial charge < -0.3 is 19.9 Å². The first-order chi connectivity index (χ1) is 14.4. The lowest BCUT2D eigenvalue weighted by Crippen LogP contribution is -2.19. The number of nitrogens with zero attached hydrogens (tertiary/aromatic N) is 2. The molecular weight excluding hydrogens is 474 g/mol. The fourth-order valence-electron chi connectivity index (χ4n) is 2.50. The average Bonchev–Trinajstić information content (AvgIpc) is 3.05. The molecule has 1 fully saturated rings. The van der Waals surface area contributed by atoms with Gasteiger partial charge in [0.15, 0.2) is 23.3 Å². The summed E-state index contributed by atoms with van der Waals surface area (Å²) >= 11 is 4.55. The Balaban J connectivity index is 1.83. The number of aromatic carboxylic acids is 1. The van der Waals surface area contributed by atoms with Crippen molar-refractivity contribution in [1.29, 1.82) is 5.26 Å². The SMILES string of the molecule is COc1cc(C=C2SC(=Nc3ccc(C(=O)O)cc3)NC2=O)cc(Br)c1OCC#N. The molecule has 1 aliphatic heterocycles. The summed E-state index contributed by atoms with van der Waals surface area (Å²) < 4.78 is 11.3. The van der Waals surface area contributed by atoms with Gasteiger partial charge in [-0.3, -0.25) is 4.79 Å². The second kappa shape index (κ2) is 9.47. The minimum Gasteiger partial charge on any atom is -0.493 e. The summed E-state index contributed by atoms with van der Waals surface area (Å²) in [6.45, 7) is -0.124. The Labute approximate surface area is 184 Å². The number of nitrogens with one attached hydrogen (secondary N) is 1. The van der Waals surface area contributed by atoms with E-state index in [1.54, 1.807) is 30.3 Å². The zero-order chi connectivity index (χ0) is 21.7. The lowest BCUT2D eigenvalue weighted by molar-refractivity contribution is -0.115. The number of amides is 1. The minimum absolute atomic E-state index is 0.124. The van der Waals surface area contributed by atoms with Crippen molar-refractivity contribution in [3.8, 4) is 17.6 Å². The van der Waals surface area contributed by atoms with Crippen LogP contribution in [0.15, 0.2) is 50.8 Å². The zero-order valence-corrected chi connectivity index (χ0v) is 17.9. The predicted molar refractivity (Wildman–Crippen MR) is 116 cm³/mol. The number of halogens is 1. The van der Waals surface area contributed by atoms with Crippen LogP contribution in [0, 0.1) is 11.3 Å². The average molecular weight is 488 g/mol. The summed E-state index contributed by atoms with van der Waals surface area (Å²) in [5, 5.41) is 20.7. The van der Waals surface area contributed by atoms with Crippen LogP contribution in [0.2, 0.25) is 0 Å². The maximum absolute atomic E-state index is 12.3. The maximum Gasteiger partial charge on any atom is 0.335 e. The van der Waals surface area contributed by atoms with Crippen LogP contribution >= 0.6 is 27.7 Å². The van der Waals surface area contributed by atoms with E-state index < -0.39 is 5.97 Å². The highest BCUT2D eigenvalue weighted by atomic mass is 79.9. The van der Waals surface area contributed by atoms with Gasteiger partial charge in [-0.25, -0.2) is 9.79 Å². The summed E-state index contributed by atoms with van der Waals surface area (Å²) in [7, 11) is 1.48. The number of carbonyl (C=O) groups excluding carboxylic acids is 1. The van der Waals surface area contributed by atoms with E-state index >= 15 is 0 Å². The molecule has 0 bridgehead atoms. The van der Waals surface area contributed by atoms with E-state index in [1.165, 1.54) is 19.2 Å². The normalized spacial score (nSPS) is 15.7. The number of hydrogen-bond acceptors (Lipinski definition) is 7. The first-order valence-electron chi connectivity index (χ1n) is 8.41. The molecule has 0 saturated carbocycles. The molecule has 1 heterocycles. The van der Waals surface area contributed by atoms with Gasteiger partial charge in [0.2, 0.25) is 0 Å². The predicted octanol–water partition coefficient (Wildman–Crippen LogP) is 3.95. The van der Waals surface area contributed by atoms with Crippen LogP contribution in [-0.4, -0.2) is 35.9 Å². The summed E-state index contributed by atoms with van der Waals surface area (Å²) in [6.07, 6.45) is 1.68. The Kier molecular flexibility index (Phi) is 6.76. The molecular formula is C20H14BrN3O5S. The number of thioether (sulfide) groups is 1. The molecule has 1 saturated heterocycles. The quantitative estimate of drug-likeness (QED) is 0.591. The summed E-state index contributed by atoms with van der Waals surface area (Å²) in [5.41, 5.74) is 1.37. The number of rotatable bonds is 6. The van der Waals surface area contributed by atoms with Crippen LogP contribution < -0.4 is 14.8 Å². The molecule has 0 radical (unpaired) electrons. The van der Waals surface area contributed by atoms with Crippen molar-refractivity contribution in [2.24, 2.45) is 4.99 Å². The highest BCUT2D eigenvalue weighted by Gasteiger charge is 2.24. The number of carboxylic acids is 1. The molecule has 1 aliphatic rings. The number of carbonyl (C=O) groups is 2. The summed E-state index contributed by atoms with van der Waals surface area (Å²) in [4.78, 5) is 28.0. The van der Waals surface area contributed by atoms with Gasteiger partial charge in [-0.05, 0) is 75.7 Å².